The Kier molecular flexibility index (Phi) is 9.96. The van der Waals surface area contributed by atoms with Gasteiger partial charge in [0.1, 0.15) is 11.6 Å². The summed E-state index contributed by atoms with van der Waals surface area (Å²) in [6.45, 7) is 4.80. The zero-order chi connectivity index (χ0) is 25.0. The third-order valence-corrected chi connectivity index (χ3v) is 6.08. The van der Waals surface area contributed by atoms with Crippen LogP contribution in [0.4, 0.5) is 11.6 Å². The van der Waals surface area contributed by atoms with Gasteiger partial charge < -0.3 is 20.3 Å². The molecule has 10 heteroatoms. The highest BCUT2D eigenvalue weighted by atomic mass is 35.5. The van der Waals surface area contributed by atoms with Crippen LogP contribution in [0.25, 0.3) is 0 Å². The number of halogens is 1. The monoisotopic (exact) mass is 523 g/mol. The first-order valence-corrected chi connectivity index (χ1v) is 12.8. The lowest BCUT2D eigenvalue weighted by atomic mass is 10.2. The van der Waals surface area contributed by atoms with Crippen LogP contribution in [0.2, 0.25) is 5.02 Å². The van der Waals surface area contributed by atoms with Crippen LogP contribution in [-0.2, 0) is 24.2 Å². The Labute approximate surface area is 222 Å². The maximum absolute atomic E-state index is 6.07. The Bertz CT molecular complexity index is 1160. The summed E-state index contributed by atoms with van der Waals surface area (Å²) in [4.78, 5) is 11.6. The summed E-state index contributed by atoms with van der Waals surface area (Å²) in [5, 5.41) is 16.5. The number of thiocarbonyl (C=S) groups is 1. The molecule has 0 saturated carbocycles. The Morgan fingerprint density at radius 2 is 1.81 bits per heavy atom. The molecule has 4 rings (SSSR count). The zero-order valence-electron chi connectivity index (χ0n) is 20.1. The van der Waals surface area contributed by atoms with E-state index >= 15 is 0 Å². The minimum absolute atomic E-state index is 0.435. The van der Waals surface area contributed by atoms with E-state index < -0.39 is 0 Å². The summed E-state index contributed by atoms with van der Waals surface area (Å²) in [6.07, 6.45) is 1.53. The fraction of sp³-hybridized carbons (Fsp3) is 0.346. The topological polar surface area (TPSA) is 87.0 Å². The number of benzene rings is 2. The van der Waals surface area contributed by atoms with Crippen LogP contribution < -0.4 is 15.5 Å². The molecule has 1 aliphatic heterocycles. The number of aromatic nitrogens is 2. The zero-order valence-corrected chi connectivity index (χ0v) is 21.6. The second-order valence-electron chi connectivity index (χ2n) is 8.33. The van der Waals surface area contributed by atoms with Gasteiger partial charge in [0.2, 0.25) is 0 Å². The van der Waals surface area contributed by atoms with Gasteiger partial charge in [0.25, 0.3) is 0 Å². The third-order valence-electron chi connectivity index (χ3n) is 5.55. The van der Waals surface area contributed by atoms with Crippen LogP contribution in [0, 0.1) is 0 Å². The number of nitrogens with one attached hydrogen (secondary N) is 2. The van der Waals surface area contributed by atoms with Gasteiger partial charge >= 0.3 is 0 Å². The van der Waals surface area contributed by atoms with Crippen molar-refractivity contribution in [2.45, 2.75) is 25.9 Å². The first kappa shape index (κ1) is 25.9. The lowest BCUT2D eigenvalue weighted by molar-refractivity contribution is 0.122. The average molecular weight is 524 g/mol. The van der Waals surface area contributed by atoms with Crippen LogP contribution in [-0.4, -0.2) is 47.9 Å². The number of anilines is 1. The van der Waals surface area contributed by atoms with Crippen LogP contribution in [0.5, 0.6) is 0 Å². The smallest absolute Gasteiger partial charge is 0.179 e. The maximum atomic E-state index is 6.07. The Hall–Kier alpha value is -3.14. The van der Waals surface area contributed by atoms with Crippen molar-refractivity contribution in [3.63, 3.8) is 0 Å². The van der Waals surface area contributed by atoms with E-state index in [9.17, 15) is 0 Å². The summed E-state index contributed by atoms with van der Waals surface area (Å²) in [5.41, 5.74) is 2.18. The lowest BCUT2D eigenvalue weighted by Crippen LogP contribution is -2.37. The molecule has 0 amide bonds. The predicted octanol–water partition coefficient (Wildman–Crippen LogP) is 4.85. The second kappa shape index (κ2) is 13.8. The molecule has 0 unspecified atom stereocenters. The van der Waals surface area contributed by atoms with Gasteiger partial charge in [-0.2, -0.15) is 5.11 Å². The van der Waals surface area contributed by atoms with Crippen molar-refractivity contribution in [3.05, 3.63) is 82.6 Å². The van der Waals surface area contributed by atoms with Gasteiger partial charge in [-0.1, -0.05) is 54.1 Å². The lowest BCUT2D eigenvalue weighted by Gasteiger charge is -2.28. The molecule has 1 saturated heterocycles. The standard InChI is InChI=1S/C26H30ClN7OS/c27-22-9-4-8-21(16-22)19-30-33-24-17-25(34-12-14-35-15-13-34)32-23(31-24)10-5-11-28-26(36)29-18-20-6-2-1-3-7-20/h1-4,6-9,16-17H,5,10-15,18-19H2,(H2,28,29,36). The van der Waals surface area contributed by atoms with Crippen molar-refractivity contribution < 1.29 is 4.74 Å². The Morgan fingerprint density at radius 3 is 2.61 bits per heavy atom. The quantitative estimate of drug-likeness (QED) is 0.223. The molecule has 0 atom stereocenters. The fourth-order valence-electron chi connectivity index (χ4n) is 3.70. The highest BCUT2D eigenvalue weighted by molar-refractivity contribution is 7.80. The van der Waals surface area contributed by atoms with Crippen LogP contribution in [0.15, 0.2) is 70.9 Å². The summed E-state index contributed by atoms with van der Waals surface area (Å²) >= 11 is 11.5. The van der Waals surface area contributed by atoms with Crippen molar-refractivity contribution in [3.8, 4) is 0 Å². The number of aryl methyl sites for hydroxylation is 1. The molecule has 8 nitrogen and oxygen atoms in total. The summed E-state index contributed by atoms with van der Waals surface area (Å²) in [7, 11) is 0. The molecule has 3 aromatic rings. The molecule has 1 aliphatic rings. The Morgan fingerprint density at radius 1 is 1.00 bits per heavy atom. The molecule has 2 N–H and O–H groups in total. The second-order valence-corrected chi connectivity index (χ2v) is 9.17. The normalized spacial score (nSPS) is 13.6. The molecule has 0 bridgehead atoms. The van der Waals surface area contributed by atoms with Crippen molar-refractivity contribution in [1.82, 2.24) is 20.6 Å². The van der Waals surface area contributed by atoms with E-state index in [1.165, 1.54) is 5.56 Å². The maximum Gasteiger partial charge on any atom is 0.179 e. The summed E-state index contributed by atoms with van der Waals surface area (Å²) < 4.78 is 5.49. The molecule has 0 radical (unpaired) electrons. The molecular weight excluding hydrogens is 494 g/mol. The van der Waals surface area contributed by atoms with E-state index in [1.54, 1.807) is 0 Å². The summed E-state index contributed by atoms with van der Waals surface area (Å²) in [6, 6.07) is 19.7. The fourth-order valence-corrected chi connectivity index (χ4v) is 4.09. The number of ether oxygens (including phenoxy) is 1. The van der Waals surface area contributed by atoms with Crippen molar-refractivity contribution in [2.75, 3.05) is 37.7 Å². The van der Waals surface area contributed by atoms with Crippen molar-refractivity contribution in [2.24, 2.45) is 10.2 Å². The number of rotatable bonds is 10. The molecule has 1 fully saturated rings. The predicted molar refractivity (Wildman–Crippen MR) is 147 cm³/mol. The molecule has 2 aromatic carbocycles. The number of hydrogen-bond acceptors (Lipinski definition) is 7. The third kappa shape index (κ3) is 8.51. The highest BCUT2D eigenvalue weighted by Gasteiger charge is 2.15. The van der Waals surface area contributed by atoms with Crippen molar-refractivity contribution in [1.29, 1.82) is 0 Å². The van der Waals surface area contributed by atoms with Crippen LogP contribution in [0.1, 0.15) is 23.4 Å². The van der Waals surface area contributed by atoms with Crippen LogP contribution in [0.3, 0.4) is 0 Å². The first-order chi connectivity index (χ1) is 17.7. The van der Waals surface area contributed by atoms with Gasteiger partial charge in [0.15, 0.2) is 10.9 Å². The van der Waals surface area contributed by atoms with E-state index in [1.807, 2.05) is 48.5 Å². The molecule has 0 spiro atoms. The van der Waals surface area contributed by atoms with Gasteiger partial charge in [-0.3, -0.25) is 0 Å². The number of morpholine rings is 1. The van der Waals surface area contributed by atoms with E-state index in [4.69, 9.17) is 33.5 Å². The van der Waals surface area contributed by atoms with E-state index in [2.05, 4.69) is 42.9 Å². The molecule has 0 aliphatic carbocycles. The van der Waals surface area contributed by atoms with Gasteiger partial charge in [-0.05, 0) is 41.9 Å². The van der Waals surface area contributed by atoms with E-state index in [0.717, 1.165) is 43.3 Å². The van der Waals surface area contributed by atoms with Gasteiger partial charge in [0.05, 0.1) is 19.8 Å². The van der Waals surface area contributed by atoms with Crippen LogP contribution >= 0.6 is 23.8 Å². The van der Waals surface area contributed by atoms with Crippen molar-refractivity contribution >= 4 is 40.6 Å². The minimum Gasteiger partial charge on any atom is -0.378 e. The van der Waals surface area contributed by atoms with Gasteiger partial charge in [-0.15, -0.1) is 5.11 Å². The molecular formula is C26H30ClN7OS. The Balaban J connectivity index is 1.33. The van der Waals surface area contributed by atoms with E-state index in [-0.39, 0.29) is 0 Å². The number of hydrogen-bond donors (Lipinski definition) is 2. The largest absolute Gasteiger partial charge is 0.378 e. The highest BCUT2D eigenvalue weighted by Crippen LogP contribution is 2.21. The average Bonchev–Trinajstić information content (AvgIpc) is 2.91. The SMILES string of the molecule is S=C(NCCCc1nc(N=NCc2cccc(Cl)c2)cc(N2CCOCC2)n1)NCc1ccccc1. The van der Waals surface area contributed by atoms with E-state index in [0.29, 0.717) is 48.7 Å². The summed E-state index contributed by atoms with van der Waals surface area (Å²) in [5.74, 6) is 2.14. The molecule has 36 heavy (non-hydrogen) atoms. The molecule has 188 valence electrons. The number of nitrogens with zero attached hydrogens (tertiary/aromatic N) is 5. The molecule has 2 heterocycles. The minimum atomic E-state index is 0.435. The van der Waals surface area contributed by atoms with Gasteiger partial charge in [0, 0.05) is 43.7 Å². The van der Waals surface area contributed by atoms with Gasteiger partial charge in [-0.25, -0.2) is 9.97 Å². The number of azo groups is 1. The molecule has 1 aromatic heterocycles. The first-order valence-electron chi connectivity index (χ1n) is 12.0.